The van der Waals surface area contributed by atoms with Gasteiger partial charge in [0.1, 0.15) is 0 Å². The molecule has 0 aromatic carbocycles. The lowest BCUT2D eigenvalue weighted by atomic mass is 9.99. The summed E-state index contributed by atoms with van der Waals surface area (Å²) in [6.45, 7) is 2.31. The van der Waals surface area contributed by atoms with Crippen molar-refractivity contribution in [2.45, 2.75) is 31.4 Å². The highest BCUT2D eigenvalue weighted by Crippen LogP contribution is 2.28. The average Bonchev–Trinajstić information content (AvgIpc) is 2.18. The molecule has 0 aromatic heterocycles. The fourth-order valence-corrected chi connectivity index (χ4v) is 2.37. The van der Waals surface area contributed by atoms with Crippen LogP contribution in [-0.2, 0) is 9.53 Å². The molecule has 0 spiro atoms. The van der Waals surface area contributed by atoms with Gasteiger partial charge in [-0.2, -0.15) is 11.8 Å². The minimum absolute atomic E-state index is 0.124. The van der Waals surface area contributed by atoms with Crippen LogP contribution in [0, 0.1) is 0 Å². The molecule has 0 fully saturated rings. The zero-order valence-electron chi connectivity index (χ0n) is 8.21. The van der Waals surface area contributed by atoms with Crippen LogP contribution in [0.3, 0.4) is 0 Å². The summed E-state index contributed by atoms with van der Waals surface area (Å²) in [4.78, 5) is 11.5. The molecular weight excluding hydrogens is 184 g/mol. The highest BCUT2D eigenvalue weighted by molar-refractivity contribution is 7.99. The second-order valence-electron chi connectivity index (χ2n) is 3.04. The van der Waals surface area contributed by atoms with Gasteiger partial charge in [0.05, 0.1) is 6.61 Å². The van der Waals surface area contributed by atoms with Crippen LogP contribution in [0.5, 0.6) is 0 Å². The van der Waals surface area contributed by atoms with Gasteiger partial charge in [-0.3, -0.25) is 0 Å². The number of carbonyl (C=O) groups excluding carboxylic acids is 1. The topological polar surface area (TPSA) is 26.3 Å². The first-order chi connectivity index (χ1) is 6.29. The van der Waals surface area contributed by atoms with E-state index in [2.05, 4.69) is 0 Å². The first-order valence-electron chi connectivity index (χ1n) is 4.69. The van der Waals surface area contributed by atoms with Crippen LogP contribution < -0.4 is 0 Å². The van der Waals surface area contributed by atoms with E-state index in [0.29, 0.717) is 11.9 Å². The van der Waals surface area contributed by atoms with Crippen LogP contribution in [0.15, 0.2) is 11.6 Å². The first-order valence-corrected chi connectivity index (χ1v) is 5.98. The van der Waals surface area contributed by atoms with Crippen molar-refractivity contribution in [2.24, 2.45) is 0 Å². The van der Waals surface area contributed by atoms with Crippen molar-refractivity contribution in [3.8, 4) is 0 Å². The lowest BCUT2D eigenvalue weighted by molar-refractivity contribution is -0.138. The zero-order chi connectivity index (χ0) is 9.68. The molecule has 1 aliphatic carbocycles. The second-order valence-corrected chi connectivity index (χ2v) is 4.08. The van der Waals surface area contributed by atoms with Gasteiger partial charge in [0, 0.05) is 10.8 Å². The summed E-state index contributed by atoms with van der Waals surface area (Å²) in [5, 5.41) is 0.354. The predicted octanol–water partition coefficient (Wildman–Crippen LogP) is 2.39. The minimum Gasteiger partial charge on any atom is -0.463 e. The van der Waals surface area contributed by atoms with E-state index in [4.69, 9.17) is 4.74 Å². The molecule has 0 saturated carbocycles. The van der Waals surface area contributed by atoms with Crippen LogP contribution >= 0.6 is 11.8 Å². The van der Waals surface area contributed by atoms with Gasteiger partial charge in [0.25, 0.3) is 0 Å². The van der Waals surface area contributed by atoms with Crippen LogP contribution in [-0.4, -0.2) is 24.1 Å². The molecule has 0 heterocycles. The maximum Gasteiger partial charge on any atom is 0.334 e. The molecular formula is C10H16O2S. The van der Waals surface area contributed by atoms with E-state index in [1.807, 2.05) is 19.3 Å². The van der Waals surface area contributed by atoms with Crippen LogP contribution in [0.4, 0.5) is 0 Å². The summed E-state index contributed by atoms with van der Waals surface area (Å²) < 4.78 is 4.99. The fraction of sp³-hybridized carbons (Fsp3) is 0.700. The summed E-state index contributed by atoms with van der Waals surface area (Å²) in [5.41, 5.74) is 0.876. The number of hydrogen-bond acceptors (Lipinski definition) is 3. The summed E-state index contributed by atoms with van der Waals surface area (Å²) in [5.74, 6) is -0.124. The van der Waals surface area contributed by atoms with Crippen molar-refractivity contribution in [3.05, 3.63) is 11.6 Å². The monoisotopic (exact) mass is 200 g/mol. The van der Waals surface area contributed by atoms with E-state index in [9.17, 15) is 4.79 Å². The average molecular weight is 200 g/mol. The lowest BCUT2D eigenvalue weighted by Gasteiger charge is -2.20. The largest absolute Gasteiger partial charge is 0.463 e. The molecule has 1 unspecified atom stereocenters. The Bertz CT molecular complexity index is 211. The van der Waals surface area contributed by atoms with Crippen molar-refractivity contribution >= 4 is 17.7 Å². The smallest absolute Gasteiger partial charge is 0.334 e. The number of carbonyl (C=O) groups is 1. The second kappa shape index (κ2) is 5.32. The molecule has 1 atom stereocenters. The number of thioether (sulfide) groups is 1. The molecule has 1 aliphatic rings. The third-order valence-corrected chi connectivity index (χ3v) is 3.24. The Morgan fingerprint density at radius 1 is 1.77 bits per heavy atom. The predicted molar refractivity (Wildman–Crippen MR) is 55.9 cm³/mol. The van der Waals surface area contributed by atoms with E-state index < -0.39 is 0 Å². The van der Waals surface area contributed by atoms with E-state index >= 15 is 0 Å². The number of rotatable bonds is 3. The van der Waals surface area contributed by atoms with Gasteiger partial charge < -0.3 is 4.74 Å². The van der Waals surface area contributed by atoms with Crippen LogP contribution in [0.25, 0.3) is 0 Å². The van der Waals surface area contributed by atoms with Gasteiger partial charge in [-0.15, -0.1) is 0 Å². The number of hydrogen-bond donors (Lipinski definition) is 0. The molecule has 0 amide bonds. The van der Waals surface area contributed by atoms with Crippen molar-refractivity contribution in [1.82, 2.24) is 0 Å². The summed E-state index contributed by atoms with van der Waals surface area (Å²) in [6.07, 6.45) is 7.39. The van der Waals surface area contributed by atoms with E-state index in [-0.39, 0.29) is 5.97 Å². The highest BCUT2D eigenvalue weighted by Gasteiger charge is 2.23. The maximum atomic E-state index is 11.5. The Labute approximate surface area is 83.7 Å². The fourth-order valence-electron chi connectivity index (χ4n) is 1.52. The normalized spacial score (nSPS) is 22.3. The third-order valence-electron chi connectivity index (χ3n) is 2.18. The Kier molecular flexibility index (Phi) is 4.36. The number of ether oxygens (including phenoxy) is 1. The van der Waals surface area contributed by atoms with Gasteiger partial charge >= 0.3 is 5.97 Å². The quantitative estimate of drug-likeness (QED) is 0.654. The molecule has 0 radical (unpaired) electrons. The third kappa shape index (κ3) is 2.76. The molecule has 3 heteroatoms. The van der Waals surface area contributed by atoms with E-state index in [1.165, 1.54) is 6.42 Å². The SMILES string of the molecule is CCOC(=O)C1=CCCCC1SC. The van der Waals surface area contributed by atoms with E-state index in [0.717, 1.165) is 18.4 Å². The van der Waals surface area contributed by atoms with Crippen molar-refractivity contribution in [2.75, 3.05) is 12.9 Å². The highest BCUT2D eigenvalue weighted by atomic mass is 32.2. The summed E-state index contributed by atoms with van der Waals surface area (Å²) in [7, 11) is 0. The molecule has 0 aliphatic heterocycles. The van der Waals surface area contributed by atoms with Crippen molar-refractivity contribution < 1.29 is 9.53 Å². The summed E-state index contributed by atoms with van der Waals surface area (Å²) >= 11 is 1.74. The van der Waals surface area contributed by atoms with Crippen LogP contribution in [0.1, 0.15) is 26.2 Å². The molecule has 0 bridgehead atoms. The standard InChI is InChI=1S/C10H16O2S/c1-3-12-10(11)8-6-4-5-7-9(8)13-2/h6,9H,3-5,7H2,1-2H3. The van der Waals surface area contributed by atoms with Crippen molar-refractivity contribution in [3.63, 3.8) is 0 Å². The maximum absolute atomic E-state index is 11.5. The first kappa shape index (κ1) is 10.6. The molecule has 1 rings (SSSR count). The van der Waals surface area contributed by atoms with Gasteiger partial charge in [-0.05, 0) is 32.4 Å². The van der Waals surface area contributed by atoms with Gasteiger partial charge in [-0.25, -0.2) is 4.79 Å². The molecule has 13 heavy (non-hydrogen) atoms. The molecule has 0 N–H and O–H groups in total. The molecule has 0 aromatic rings. The zero-order valence-corrected chi connectivity index (χ0v) is 9.02. The molecule has 0 saturated heterocycles. The van der Waals surface area contributed by atoms with Crippen LogP contribution in [0.2, 0.25) is 0 Å². The Morgan fingerprint density at radius 2 is 2.54 bits per heavy atom. The summed E-state index contributed by atoms with van der Waals surface area (Å²) in [6, 6.07) is 0. The lowest BCUT2D eigenvalue weighted by Crippen LogP contribution is -2.20. The van der Waals surface area contributed by atoms with Gasteiger partial charge in [0.15, 0.2) is 0 Å². The Morgan fingerprint density at radius 3 is 3.15 bits per heavy atom. The number of esters is 1. The van der Waals surface area contributed by atoms with Gasteiger partial charge in [-0.1, -0.05) is 6.08 Å². The van der Waals surface area contributed by atoms with Gasteiger partial charge in [0.2, 0.25) is 0 Å². The Hall–Kier alpha value is -0.440. The minimum atomic E-state index is -0.124. The molecule has 2 nitrogen and oxygen atoms in total. The Balaban J connectivity index is 2.63. The van der Waals surface area contributed by atoms with Crippen molar-refractivity contribution in [1.29, 1.82) is 0 Å². The van der Waals surface area contributed by atoms with E-state index in [1.54, 1.807) is 11.8 Å². The number of allylic oxidation sites excluding steroid dienone is 1. The molecule has 74 valence electrons.